The Bertz CT molecular complexity index is 423. The van der Waals surface area contributed by atoms with Crippen LogP contribution in [0.2, 0.25) is 0 Å². The van der Waals surface area contributed by atoms with Crippen LogP contribution in [0.25, 0.3) is 0 Å². The molecule has 0 saturated carbocycles. The fourth-order valence-electron chi connectivity index (χ4n) is 1.83. The van der Waals surface area contributed by atoms with Gasteiger partial charge in [-0.15, -0.1) is 11.8 Å². The number of rotatable bonds is 5. The summed E-state index contributed by atoms with van der Waals surface area (Å²) in [5.74, 6) is 0.0689. The highest BCUT2D eigenvalue weighted by molar-refractivity contribution is 7.99. The third-order valence-corrected chi connectivity index (χ3v) is 3.94. The number of methoxy groups -OCH3 is 1. The van der Waals surface area contributed by atoms with E-state index < -0.39 is 12.0 Å². The summed E-state index contributed by atoms with van der Waals surface area (Å²) in [4.78, 5) is 36.8. The Labute approximate surface area is 122 Å². The first-order valence-electron chi connectivity index (χ1n) is 6.41. The first kappa shape index (κ1) is 16.6. The molecule has 1 rings (SSSR count). The zero-order valence-electron chi connectivity index (χ0n) is 12.0. The molecule has 0 aromatic rings. The van der Waals surface area contributed by atoms with E-state index in [-0.39, 0.29) is 18.4 Å². The summed E-state index contributed by atoms with van der Waals surface area (Å²) >= 11 is 1.52. The molecule has 1 aliphatic heterocycles. The lowest BCUT2D eigenvalue weighted by atomic mass is 10.2. The molecule has 1 saturated heterocycles. The summed E-state index contributed by atoms with van der Waals surface area (Å²) in [6.45, 7) is 3.52. The van der Waals surface area contributed by atoms with Gasteiger partial charge < -0.3 is 15.0 Å². The van der Waals surface area contributed by atoms with Crippen molar-refractivity contribution in [3.8, 4) is 0 Å². The SMILES string of the molecule is CC/C=C(\C)C(=O)N1CSC[C@@H]1C(=O)NCC(=O)OC. The van der Waals surface area contributed by atoms with E-state index in [0.717, 1.165) is 6.42 Å². The second-order valence-electron chi connectivity index (χ2n) is 4.38. The van der Waals surface area contributed by atoms with Crippen molar-refractivity contribution in [2.45, 2.75) is 26.3 Å². The topological polar surface area (TPSA) is 75.7 Å². The monoisotopic (exact) mass is 300 g/mol. The maximum Gasteiger partial charge on any atom is 0.325 e. The molecule has 112 valence electrons. The van der Waals surface area contributed by atoms with Crippen LogP contribution in [0.3, 0.4) is 0 Å². The summed E-state index contributed by atoms with van der Waals surface area (Å²) in [6.07, 6.45) is 2.62. The number of amides is 2. The van der Waals surface area contributed by atoms with Gasteiger partial charge in [-0.2, -0.15) is 0 Å². The van der Waals surface area contributed by atoms with Crippen molar-refractivity contribution < 1.29 is 19.1 Å². The molecule has 0 spiro atoms. The van der Waals surface area contributed by atoms with E-state index in [4.69, 9.17) is 0 Å². The molecule has 7 heteroatoms. The third-order valence-electron chi connectivity index (χ3n) is 2.93. The molecule has 20 heavy (non-hydrogen) atoms. The van der Waals surface area contributed by atoms with Gasteiger partial charge in [0.05, 0.1) is 13.0 Å². The molecule has 1 N–H and O–H groups in total. The van der Waals surface area contributed by atoms with Gasteiger partial charge in [0, 0.05) is 11.3 Å². The Morgan fingerprint density at radius 3 is 2.75 bits per heavy atom. The van der Waals surface area contributed by atoms with E-state index >= 15 is 0 Å². The second kappa shape index (κ2) is 7.94. The molecule has 0 radical (unpaired) electrons. The van der Waals surface area contributed by atoms with E-state index in [0.29, 0.717) is 17.2 Å². The lowest BCUT2D eigenvalue weighted by Gasteiger charge is -2.23. The number of nitrogens with one attached hydrogen (secondary N) is 1. The van der Waals surface area contributed by atoms with Crippen LogP contribution in [0.5, 0.6) is 0 Å². The zero-order chi connectivity index (χ0) is 15.1. The van der Waals surface area contributed by atoms with Gasteiger partial charge in [-0.3, -0.25) is 14.4 Å². The molecular formula is C13H20N2O4S. The lowest BCUT2D eigenvalue weighted by Crippen LogP contribution is -2.48. The summed E-state index contributed by atoms with van der Waals surface area (Å²) < 4.78 is 4.46. The van der Waals surface area contributed by atoms with E-state index in [1.807, 2.05) is 13.0 Å². The van der Waals surface area contributed by atoms with E-state index in [9.17, 15) is 14.4 Å². The quantitative estimate of drug-likeness (QED) is 0.592. The summed E-state index contributed by atoms with van der Waals surface area (Å²) in [5.41, 5.74) is 0.640. The van der Waals surface area contributed by atoms with Crippen molar-refractivity contribution in [3.05, 3.63) is 11.6 Å². The second-order valence-corrected chi connectivity index (χ2v) is 5.38. The number of esters is 1. The minimum Gasteiger partial charge on any atom is -0.468 e. The van der Waals surface area contributed by atoms with Crippen LogP contribution >= 0.6 is 11.8 Å². The van der Waals surface area contributed by atoms with Gasteiger partial charge in [0.1, 0.15) is 12.6 Å². The minimum atomic E-state index is -0.530. The van der Waals surface area contributed by atoms with Crippen molar-refractivity contribution in [3.63, 3.8) is 0 Å². The molecule has 2 amide bonds. The van der Waals surface area contributed by atoms with Crippen LogP contribution < -0.4 is 5.32 Å². The van der Waals surface area contributed by atoms with Crippen molar-refractivity contribution in [1.29, 1.82) is 0 Å². The van der Waals surface area contributed by atoms with E-state index in [1.54, 1.807) is 11.8 Å². The van der Waals surface area contributed by atoms with Crippen LogP contribution in [0.4, 0.5) is 0 Å². The Kier molecular flexibility index (Phi) is 6.57. The highest BCUT2D eigenvalue weighted by Crippen LogP contribution is 2.23. The van der Waals surface area contributed by atoms with Crippen LogP contribution in [0, 0.1) is 0 Å². The minimum absolute atomic E-state index is 0.130. The van der Waals surface area contributed by atoms with Gasteiger partial charge in [0.25, 0.3) is 5.91 Å². The number of carbonyl (C=O) groups excluding carboxylic acids is 3. The van der Waals surface area contributed by atoms with Crippen LogP contribution in [0.15, 0.2) is 11.6 Å². The van der Waals surface area contributed by atoms with Crippen molar-refractivity contribution in [2.24, 2.45) is 0 Å². The van der Waals surface area contributed by atoms with Crippen LogP contribution in [-0.2, 0) is 19.1 Å². The number of hydrogen-bond donors (Lipinski definition) is 1. The van der Waals surface area contributed by atoms with E-state index in [2.05, 4.69) is 10.1 Å². The number of carbonyl (C=O) groups is 3. The van der Waals surface area contributed by atoms with Crippen molar-refractivity contribution >= 4 is 29.5 Å². The van der Waals surface area contributed by atoms with Gasteiger partial charge in [-0.25, -0.2) is 0 Å². The molecule has 6 nitrogen and oxygen atoms in total. The lowest BCUT2D eigenvalue weighted by molar-refractivity contribution is -0.142. The molecule has 0 bridgehead atoms. The van der Waals surface area contributed by atoms with Gasteiger partial charge in [0.15, 0.2) is 0 Å². The molecule has 0 aliphatic carbocycles. The average Bonchev–Trinajstić information content (AvgIpc) is 2.93. The Hall–Kier alpha value is -1.50. The van der Waals surface area contributed by atoms with Crippen molar-refractivity contribution in [2.75, 3.05) is 25.3 Å². The van der Waals surface area contributed by atoms with Gasteiger partial charge >= 0.3 is 5.97 Å². The molecule has 0 aromatic carbocycles. The summed E-state index contributed by atoms with van der Waals surface area (Å²) in [7, 11) is 1.26. The van der Waals surface area contributed by atoms with Crippen molar-refractivity contribution in [1.82, 2.24) is 10.2 Å². The number of ether oxygens (including phenoxy) is 1. The molecule has 1 atom stereocenters. The van der Waals surface area contributed by atoms with Gasteiger partial charge in [0.2, 0.25) is 5.91 Å². The molecule has 0 unspecified atom stereocenters. The fourth-order valence-corrected chi connectivity index (χ4v) is 2.98. The van der Waals surface area contributed by atoms with Gasteiger partial charge in [-0.05, 0) is 13.3 Å². The summed E-state index contributed by atoms with van der Waals surface area (Å²) in [6, 6.07) is -0.530. The maximum absolute atomic E-state index is 12.2. The molecular weight excluding hydrogens is 280 g/mol. The van der Waals surface area contributed by atoms with Gasteiger partial charge in [-0.1, -0.05) is 13.0 Å². The average molecular weight is 300 g/mol. The fraction of sp³-hybridized carbons (Fsp3) is 0.615. The van der Waals surface area contributed by atoms with Crippen LogP contribution in [0.1, 0.15) is 20.3 Å². The first-order chi connectivity index (χ1) is 9.51. The molecule has 0 aromatic heterocycles. The molecule has 1 heterocycles. The zero-order valence-corrected chi connectivity index (χ0v) is 12.8. The number of thioether (sulfide) groups is 1. The Balaban J connectivity index is 2.65. The largest absolute Gasteiger partial charge is 0.468 e. The standard InChI is InChI=1S/C13H20N2O4S/c1-4-5-9(2)13(18)15-8-20-7-10(15)12(17)14-6-11(16)19-3/h5,10H,4,6-8H2,1-3H3,(H,14,17)/b9-5+/t10-/m1/s1. The number of nitrogens with zero attached hydrogens (tertiary/aromatic N) is 1. The Morgan fingerprint density at radius 2 is 2.15 bits per heavy atom. The highest BCUT2D eigenvalue weighted by atomic mass is 32.2. The predicted octanol–water partition coefficient (Wildman–Crippen LogP) is 0.533. The number of hydrogen-bond acceptors (Lipinski definition) is 5. The van der Waals surface area contributed by atoms with E-state index in [1.165, 1.54) is 18.9 Å². The third kappa shape index (κ3) is 4.26. The smallest absolute Gasteiger partial charge is 0.325 e. The molecule has 1 aliphatic rings. The maximum atomic E-state index is 12.2. The first-order valence-corrected chi connectivity index (χ1v) is 7.56. The molecule has 1 fully saturated rings. The Morgan fingerprint density at radius 1 is 1.45 bits per heavy atom. The number of allylic oxidation sites excluding steroid dienone is 1. The highest BCUT2D eigenvalue weighted by Gasteiger charge is 2.35. The summed E-state index contributed by atoms with van der Waals surface area (Å²) in [5, 5.41) is 2.49. The van der Waals surface area contributed by atoms with Crippen LogP contribution in [-0.4, -0.2) is 54.0 Å². The predicted molar refractivity (Wildman–Crippen MR) is 77.0 cm³/mol. The normalized spacial score (nSPS) is 18.9.